The fourth-order valence-electron chi connectivity index (χ4n) is 1.65. The molecule has 0 amide bonds. The Bertz CT molecular complexity index is 543. The molecule has 0 spiro atoms. The largest absolute Gasteiger partial charge is 0.383 e. The van der Waals surface area contributed by atoms with Gasteiger partial charge in [-0.1, -0.05) is 0 Å². The van der Waals surface area contributed by atoms with Gasteiger partial charge in [-0.15, -0.1) is 0 Å². The minimum Gasteiger partial charge on any atom is -0.383 e. The second kappa shape index (κ2) is 4.59. The van der Waals surface area contributed by atoms with E-state index >= 15 is 0 Å². The van der Waals surface area contributed by atoms with Gasteiger partial charge in [-0.05, 0) is 36.8 Å². The van der Waals surface area contributed by atoms with Crippen molar-refractivity contribution in [1.82, 2.24) is 4.98 Å². The van der Waals surface area contributed by atoms with E-state index < -0.39 is 17.7 Å². The predicted molar refractivity (Wildman–Crippen MR) is 59.4 cm³/mol. The van der Waals surface area contributed by atoms with Crippen LogP contribution in [-0.2, 0) is 0 Å². The lowest BCUT2D eigenvalue weighted by Crippen LogP contribution is -2.05. The smallest absolute Gasteiger partial charge is 0.129 e. The maximum Gasteiger partial charge on any atom is 0.129 e. The van der Waals surface area contributed by atoms with Crippen LogP contribution in [0.1, 0.15) is 22.8 Å². The average Bonchev–Trinajstić information content (AvgIpc) is 2.32. The Labute approximate surface area is 97.6 Å². The molecule has 0 radical (unpaired) electrons. The monoisotopic (exact) mass is 235 g/mol. The molecule has 0 aliphatic carbocycles. The van der Waals surface area contributed by atoms with Crippen LogP contribution in [-0.4, -0.2) is 10.1 Å². The Morgan fingerprint density at radius 2 is 1.94 bits per heavy atom. The van der Waals surface area contributed by atoms with Crippen LogP contribution in [0.4, 0.5) is 8.78 Å². The number of aryl methyl sites for hydroxylation is 1. The third-order valence-electron chi connectivity index (χ3n) is 2.63. The van der Waals surface area contributed by atoms with Crippen molar-refractivity contribution in [2.24, 2.45) is 0 Å². The third kappa shape index (κ3) is 2.31. The van der Waals surface area contributed by atoms with Gasteiger partial charge >= 0.3 is 0 Å². The van der Waals surface area contributed by atoms with Gasteiger partial charge in [-0.2, -0.15) is 0 Å². The molecule has 1 aromatic heterocycles. The van der Waals surface area contributed by atoms with Gasteiger partial charge in [0.2, 0.25) is 0 Å². The number of benzene rings is 1. The van der Waals surface area contributed by atoms with E-state index in [0.717, 1.165) is 23.8 Å². The number of aliphatic hydroxyl groups excluding tert-OH is 1. The van der Waals surface area contributed by atoms with Crippen molar-refractivity contribution in [3.05, 3.63) is 65.0 Å². The predicted octanol–water partition coefficient (Wildman–Crippen LogP) is 2.75. The van der Waals surface area contributed by atoms with E-state index in [1.165, 1.54) is 6.20 Å². The van der Waals surface area contributed by atoms with Crippen molar-refractivity contribution >= 4 is 0 Å². The summed E-state index contributed by atoms with van der Waals surface area (Å²) in [7, 11) is 0. The number of aliphatic hydroxyl groups is 1. The Kier molecular flexibility index (Phi) is 3.15. The molecule has 1 heterocycles. The number of halogens is 2. The molecule has 2 nitrogen and oxygen atoms in total. The summed E-state index contributed by atoms with van der Waals surface area (Å²) in [5.74, 6) is -1.22. The SMILES string of the molecule is Cc1ccncc1C(O)c1cc(F)ccc1F. The van der Waals surface area contributed by atoms with E-state index in [-0.39, 0.29) is 5.56 Å². The minimum absolute atomic E-state index is 0.0823. The third-order valence-corrected chi connectivity index (χ3v) is 2.63. The summed E-state index contributed by atoms with van der Waals surface area (Å²) in [4.78, 5) is 3.87. The van der Waals surface area contributed by atoms with Crippen molar-refractivity contribution in [3.8, 4) is 0 Å². The van der Waals surface area contributed by atoms with Crippen molar-refractivity contribution < 1.29 is 13.9 Å². The summed E-state index contributed by atoms with van der Waals surface area (Å²) in [5, 5.41) is 10.0. The summed E-state index contributed by atoms with van der Waals surface area (Å²) in [6, 6.07) is 4.71. The first-order valence-electron chi connectivity index (χ1n) is 5.13. The first-order valence-corrected chi connectivity index (χ1v) is 5.13. The van der Waals surface area contributed by atoms with Crippen LogP contribution in [0.5, 0.6) is 0 Å². The van der Waals surface area contributed by atoms with Gasteiger partial charge in [-0.25, -0.2) is 8.78 Å². The van der Waals surface area contributed by atoms with Gasteiger partial charge < -0.3 is 5.11 Å². The lowest BCUT2D eigenvalue weighted by Gasteiger charge is -2.14. The highest BCUT2D eigenvalue weighted by Crippen LogP contribution is 2.26. The summed E-state index contributed by atoms with van der Waals surface area (Å²) < 4.78 is 26.5. The van der Waals surface area contributed by atoms with Gasteiger partial charge in [-0.3, -0.25) is 4.98 Å². The molecule has 1 unspecified atom stereocenters. The van der Waals surface area contributed by atoms with Crippen LogP contribution in [0.15, 0.2) is 36.7 Å². The van der Waals surface area contributed by atoms with Gasteiger partial charge in [0.25, 0.3) is 0 Å². The van der Waals surface area contributed by atoms with Crippen LogP contribution in [0.25, 0.3) is 0 Å². The van der Waals surface area contributed by atoms with E-state index in [2.05, 4.69) is 4.98 Å². The van der Waals surface area contributed by atoms with Crippen LogP contribution >= 0.6 is 0 Å². The van der Waals surface area contributed by atoms with E-state index in [0.29, 0.717) is 5.56 Å². The normalized spacial score (nSPS) is 12.5. The molecule has 0 saturated heterocycles. The standard InChI is InChI=1S/C13H11F2NO/c1-8-4-5-16-7-11(8)13(17)10-6-9(14)2-3-12(10)15/h2-7,13,17H,1H3. The molecule has 4 heteroatoms. The highest BCUT2D eigenvalue weighted by molar-refractivity contribution is 5.33. The highest BCUT2D eigenvalue weighted by Gasteiger charge is 2.17. The number of aromatic nitrogens is 1. The van der Waals surface area contributed by atoms with E-state index in [1.807, 2.05) is 0 Å². The average molecular weight is 235 g/mol. The first kappa shape index (κ1) is 11.7. The lowest BCUT2D eigenvalue weighted by molar-refractivity contribution is 0.213. The zero-order valence-corrected chi connectivity index (χ0v) is 9.19. The summed E-state index contributed by atoms with van der Waals surface area (Å²) in [6.07, 6.45) is 1.82. The molecule has 0 aliphatic heterocycles. The van der Waals surface area contributed by atoms with Crippen molar-refractivity contribution in [2.75, 3.05) is 0 Å². The molecule has 0 bridgehead atoms. The van der Waals surface area contributed by atoms with Gasteiger partial charge in [0.05, 0.1) is 0 Å². The fourth-order valence-corrected chi connectivity index (χ4v) is 1.65. The van der Waals surface area contributed by atoms with E-state index in [9.17, 15) is 13.9 Å². The maximum atomic E-state index is 13.5. The molecule has 0 fully saturated rings. The Morgan fingerprint density at radius 1 is 1.18 bits per heavy atom. The van der Waals surface area contributed by atoms with Crippen LogP contribution in [0.2, 0.25) is 0 Å². The molecule has 17 heavy (non-hydrogen) atoms. The molecule has 2 aromatic rings. The van der Waals surface area contributed by atoms with Crippen molar-refractivity contribution in [2.45, 2.75) is 13.0 Å². The van der Waals surface area contributed by atoms with E-state index in [1.54, 1.807) is 19.2 Å². The Balaban J connectivity index is 2.47. The molecule has 2 rings (SSSR count). The minimum atomic E-state index is -1.21. The molecular weight excluding hydrogens is 224 g/mol. The molecule has 1 atom stereocenters. The lowest BCUT2D eigenvalue weighted by atomic mass is 9.99. The second-order valence-electron chi connectivity index (χ2n) is 3.80. The highest BCUT2D eigenvalue weighted by atomic mass is 19.1. The fraction of sp³-hybridized carbons (Fsp3) is 0.154. The topological polar surface area (TPSA) is 33.1 Å². The van der Waals surface area contributed by atoms with Gasteiger partial charge in [0, 0.05) is 23.5 Å². The summed E-state index contributed by atoms with van der Waals surface area (Å²) in [6.45, 7) is 1.78. The molecule has 0 saturated carbocycles. The van der Waals surface area contributed by atoms with Crippen LogP contribution in [0.3, 0.4) is 0 Å². The second-order valence-corrected chi connectivity index (χ2v) is 3.80. The summed E-state index contributed by atoms with van der Waals surface area (Å²) in [5.41, 5.74) is 1.16. The zero-order valence-electron chi connectivity index (χ0n) is 9.19. The van der Waals surface area contributed by atoms with Gasteiger partial charge in [0.1, 0.15) is 17.7 Å². The molecule has 0 aliphatic rings. The Hall–Kier alpha value is -1.81. The van der Waals surface area contributed by atoms with Crippen LogP contribution < -0.4 is 0 Å². The maximum absolute atomic E-state index is 13.5. The first-order chi connectivity index (χ1) is 8.09. The van der Waals surface area contributed by atoms with Crippen LogP contribution in [0, 0.1) is 18.6 Å². The quantitative estimate of drug-likeness (QED) is 0.868. The Morgan fingerprint density at radius 3 is 2.65 bits per heavy atom. The zero-order chi connectivity index (χ0) is 12.4. The molecule has 1 aromatic carbocycles. The summed E-state index contributed by atoms with van der Waals surface area (Å²) >= 11 is 0. The number of hydrogen-bond donors (Lipinski definition) is 1. The van der Waals surface area contributed by atoms with E-state index in [4.69, 9.17) is 0 Å². The van der Waals surface area contributed by atoms with Crippen molar-refractivity contribution in [1.29, 1.82) is 0 Å². The number of hydrogen-bond acceptors (Lipinski definition) is 2. The number of pyridine rings is 1. The number of rotatable bonds is 2. The number of nitrogens with zero attached hydrogens (tertiary/aromatic N) is 1. The van der Waals surface area contributed by atoms with Gasteiger partial charge in [0.15, 0.2) is 0 Å². The van der Waals surface area contributed by atoms with Crippen molar-refractivity contribution in [3.63, 3.8) is 0 Å². The molecule has 88 valence electrons. The molecular formula is C13H11F2NO. The molecule has 1 N–H and O–H groups in total.